The molecule has 2 unspecified atom stereocenters. The fourth-order valence-corrected chi connectivity index (χ4v) is 1.67. The molecule has 1 amide bonds. The lowest BCUT2D eigenvalue weighted by Gasteiger charge is -2.27. The number of methoxy groups -OCH3 is 1. The zero-order chi connectivity index (χ0) is 13.7. The van der Waals surface area contributed by atoms with Gasteiger partial charge in [-0.25, -0.2) is 4.39 Å². The van der Waals surface area contributed by atoms with Crippen LogP contribution in [0.5, 0.6) is 0 Å². The third-order valence-electron chi connectivity index (χ3n) is 2.94. The molecule has 0 saturated carbocycles. The van der Waals surface area contributed by atoms with Crippen LogP contribution in [-0.2, 0) is 9.53 Å². The Balaban J connectivity index is 2.74. The van der Waals surface area contributed by atoms with Gasteiger partial charge >= 0.3 is 0 Å². The van der Waals surface area contributed by atoms with Crippen molar-refractivity contribution < 1.29 is 13.9 Å². The summed E-state index contributed by atoms with van der Waals surface area (Å²) in [6.07, 6.45) is 0. The summed E-state index contributed by atoms with van der Waals surface area (Å²) in [5.74, 6) is -0.496. The van der Waals surface area contributed by atoms with Gasteiger partial charge in [-0.15, -0.1) is 0 Å². The summed E-state index contributed by atoms with van der Waals surface area (Å²) in [5.41, 5.74) is 6.55. The Hall–Kier alpha value is -1.46. The Morgan fingerprint density at radius 3 is 2.50 bits per heavy atom. The van der Waals surface area contributed by atoms with Gasteiger partial charge in [-0.05, 0) is 24.6 Å². The molecule has 5 heteroatoms. The Bertz CT molecular complexity index is 394. The molecule has 0 spiro atoms. The highest BCUT2D eigenvalue weighted by molar-refractivity contribution is 5.82. The van der Waals surface area contributed by atoms with Crippen LogP contribution in [0.15, 0.2) is 24.3 Å². The first-order valence-corrected chi connectivity index (χ1v) is 5.74. The smallest absolute Gasteiger partial charge is 0.242 e. The van der Waals surface area contributed by atoms with E-state index in [-0.39, 0.29) is 24.4 Å². The van der Waals surface area contributed by atoms with Crippen molar-refractivity contribution in [2.45, 2.75) is 19.0 Å². The quantitative estimate of drug-likeness (QED) is 0.862. The number of likely N-dealkylation sites (N-methyl/N-ethyl adjacent to an activating group) is 1. The number of carbonyl (C=O) groups excluding carboxylic acids is 1. The number of ether oxygens (including phenoxy) is 1. The number of amides is 1. The predicted molar refractivity (Wildman–Crippen MR) is 67.4 cm³/mol. The molecule has 18 heavy (non-hydrogen) atoms. The fraction of sp³-hybridized carbons (Fsp3) is 0.462. The second-order valence-electron chi connectivity index (χ2n) is 4.24. The predicted octanol–water partition coefficient (Wildman–Crippen LogP) is 1.32. The van der Waals surface area contributed by atoms with E-state index in [4.69, 9.17) is 10.5 Å². The van der Waals surface area contributed by atoms with Gasteiger partial charge in [0.2, 0.25) is 5.91 Å². The van der Waals surface area contributed by atoms with E-state index in [1.807, 2.05) is 6.92 Å². The standard InChI is InChI=1S/C13H19FN2O2/c1-9(10-4-6-11(14)7-5-10)16(2)13(17)12(15)8-18-3/h4-7,9,12H,8,15H2,1-3H3. The monoisotopic (exact) mass is 254 g/mol. The maximum absolute atomic E-state index is 12.8. The number of hydrogen-bond donors (Lipinski definition) is 1. The van der Waals surface area contributed by atoms with Crippen LogP contribution >= 0.6 is 0 Å². The minimum Gasteiger partial charge on any atom is -0.383 e. The van der Waals surface area contributed by atoms with E-state index >= 15 is 0 Å². The molecule has 4 nitrogen and oxygen atoms in total. The summed E-state index contributed by atoms with van der Waals surface area (Å²) in [6, 6.07) is 5.22. The van der Waals surface area contributed by atoms with Crippen molar-refractivity contribution >= 4 is 5.91 Å². The molecule has 0 heterocycles. The average Bonchev–Trinajstić information content (AvgIpc) is 2.37. The van der Waals surface area contributed by atoms with Gasteiger partial charge in [-0.3, -0.25) is 4.79 Å². The molecular formula is C13H19FN2O2. The van der Waals surface area contributed by atoms with E-state index in [1.165, 1.54) is 24.1 Å². The van der Waals surface area contributed by atoms with Gasteiger partial charge in [0.05, 0.1) is 12.6 Å². The second-order valence-corrected chi connectivity index (χ2v) is 4.24. The van der Waals surface area contributed by atoms with Crippen LogP contribution in [-0.4, -0.2) is 37.6 Å². The van der Waals surface area contributed by atoms with E-state index in [9.17, 15) is 9.18 Å². The first kappa shape index (κ1) is 14.6. The Morgan fingerprint density at radius 2 is 2.00 bits per heavy atom. The van der Waals surface area contributed by atoms with Crippen LogP contribution in [0.2, 0.25) is 0 Å². The van der Waals surface area contributed by atoms with Crippen LogP contribution in [0.4, 0.5) is 4.39 Å². The zero-order valence-corrected chi connectivity index (χ0v) is 10.9. The highest BCUT2D eigenvalue weighted by atomic mass is 19.1. The van der Waals surface area contributed by atoms with E-state index in [1.54, 1.807) is 19.2 Å². The van der Waals surface area contributed by atoms with Crippen molar-refractivity contribution in [3.05, 3.63) is 35.6 Å². The summed E-state index contributed by atoms with van der Waals surface area (Å²) in [5, 5.41) is 0. The molecule has 1 aromatic rings. The lowest BCUT2D eigenvalue weighted by atomic mass is 10.1. The summed E-state index contributed by atoms with van der Waals surface area (Å²) < 4.78 is 17.7. The second kappa shape index (κ2) is 6.47. The van der Waals surface area contributed by atoms with Crippen molar-refractivity contribution in [2.75, 3.05) is 20.8 Å². The van der Waals surface area contributed by atoms with Gasteiger partial charge in [-0.1, -0.05) is 12.1 Å². The normalized spacial score (nSPS) is 14.1. The lowest BCUT2D eigenvalue weighted by molar-refractivity contribution is -0.134. The number of nitrogens with two attached hydrogens (primary N) is 1. The minimum atomic E-state index is -0.678. The number of rotatable bonds is 5. The molecule has 2 atom stereocenters. The first-order chi connectivity index (χ1) is 8.47. The van der Waals surface area contributed by atoms with Crippen molar-refractivity contribution in [3.63, 3.8) is 0 Å². The molecule has 0 bridgehead atoms. The average molecular weight is 254 g/mol. The summed E-state index contributed by atoms with van der Waals surface area (Å²) in [6.45, 7) is 2.05. The molecule has 0 radical (unpaired) electrons. The number of carbonyl (C=O) groups is 1. The van der Waals surface area contributed by atoms with Gasteiger partial charge < -0.3 is 15.4 Å². The largest absolute Gasteiger partial charge is 0.383 e. The molecule has 0 aliphatic heterocycles. The lowest BCUT2D eigenvalue weighted by Crippen LogP contribution is -2.45. The molecule has 2 N–H and O–H groups in total. The van der Waals surface area contributed by atoms with E-state index < -0.39 is 6.04 Å². The SMILES string of the molecule is COCC(N)C(=O)N(C)C(C)c1ccc(F)cc1. The van der Waals surface area contributed by atoms with Crippen LogP contribution in [0.25, 0.3) is 0 Å². The van der Waals surface area contributed by atoms with Crippen LogP contribution < -0.4 is 5.73 Å². The maximum atomic E-state index is 12.8. The van der Waals surface area contributed by atoms with E-state index in [0.717, 1.165) is 5.56 Å². The maximum Gasteiger partial charge on any atom is 0.242 e. The summed E-state index contributed by atoms with van der Waals surface area (Å²) >= 11 is 0. The zero-order valence-electron chi connectivity index (χ0n) is 10.9. The number of halogens is 1. The Labute approximate surface area is 107 Å². The highest BCUT2D eigenvalue weighted by Gasteiger charge is 2.22. The van der Waals surface area contributed by atoms with Crippen molar-refractivity contribution in [3.8, 4) is 0 Å². The molecular weight excluding hydrogens is 235 g/mol. The molecule has 1 aromatic carbocycles. The third kappa shape index (κ3) is 3.51. The van der Waals surface area contributed by atoms with Crippen LogP contribution in [0, 0.1) is 5.82 Å². The molecule has 0 saturated heterocycles. The Kier molecular flexibility index (Phi) is 5.25. The highest BCUT2D eigenvalue weighted by Crippen LogP contribution is 2.19. The molecule has 100 valence electrons. The fourth-order valence-electron chi connectivity index (χ4n) is 1.67. The first-order valence-electron chi connectivity index (χ1n) is 5.74. The van der Waals surface area contributed by atoms with E-state index in [2.05, 4.69) is 0 Å². The van der Waals surface area contributed by atoms with Gasteiger partial charge in [-0.2, -0.15) is 0 Å². The number of hydrogen-bond acceptors (Lipinski definition) is 3. The molecule has 0 aliphatic rings. The third-order valence-corrected chi connectivity index (χ3v) is 2.94. The number of nitrogens with zero attached hydrogens (tertiary/aromatic N) is 1. The minimum absolute atomic E-state index is 0.166. The summed E-state index contributed by atoms with van der Waals surface area (Å²) in [7, 11) is 3.17. The van der Waals surface area contributed by atoms with E-state index in [0.29, 0.717) is 0 Å². The summed E-state index contributed by atoms with van der Waals surface area (Å²) in [4.78, 5) is 13.5. The van der Waals surface area contributed by atoms with Crippen molar-refractivity contribution in [2.24, 2.45) is 5.73 Å². The van der Waals surface area contributed by atoms with Gasteiger partial charge in [0.1, 0.15) is 11.9 Å². The topological polar surface area (TPSA) is 55.6 Å². The number of benzene rings is 1. The molecule has 1 rings (SSSR count). The van der Waals surface area contributed by atoms with Gasteiger partial charge in [0.15, 0.2) is 0 Å². The van der Waals surface area contributed by atoms with Gasteiger partial charge in [0.25, 0.3) is 0 Å². The van der Waals surface area contributed by atoms with Crippen LogP contribution in [0.1, 0.15) is 18.5 Å². The van der Waals surface area contributed by atoms with Gasteiger partial charge in [0, 0.05) is 14.2 Å². The molecule has 0 aliphatic carbocycles. The molecule has 0 fully saturated rings. The molecule has 0 aromatic heterocycles. The van der Waals surface area contributed by atoms with Crippen molar-refractivity contribution in [1.29, 1.82) is 0 Å². The van der Waals surface area contributed by atoms with Crippen molar-refractivity contribution in [1.82, 2.24) is 4.90 Å². The Morgan fingerprint density at radius 1 is 1.44 bits per heavy atom. The van der Waals surface area contributed by atoms with Crippen LogP contribution in [0.3, 0.4) is 0 Å².